The standard InChI is InChI=1S/C37H26N4O.Pt/c1-39-25-40(35-17-8-7-16-34(35)39)28-12-9-13-29(23-28)42-30-18-19-32-31-14-5-6-15-33(31)41(36(32)24-30)37-22-27(20-21-38-37)26-10-3-2-4-11-26;/h2-22H,25H2,1H3;/q-2;+2. The van der Waals surface area contributed by atoms with Gasteiger partial charge in [-0.3, -0.25) is 0 Å². The number of ether oxygens (including phenoxy) is 1. The van der Waals surface area contributed by atoms with E-state index in [0.29, 0.717) is 11.5 Å². The predicted octanol–water partition coefficient (Wildman–Crippen LogP) is 8.78. The van der Waals surface area contributed by atoms with Crippen molar-refractivity contribution in [3.8, 4) is 28.4 Å². The van der Waals surface area contributed by atoms with Gasteiger partial charge in [0, 0.05) is 30.3 Å². The molecule has 0 radical (unpaired) electrons. The average molecular weight is 738 g/mol. The Hall–Kier alpha value is -4.86. The zero-order valence-electron chi connectivity index (χ0n) is 23.3. The molecule has 6 heteroatoms. The van der Waals surface area contributed by atoms with Crippen molar-refractivity contribution in [1.29, 1.82) is 0 Å². The number of hydrogen-bond donors (Lipinski definition) is 0. The Kier molecular flexibility index (Phi) is 6.96. The van der Waals surface area contributed by atoms with E-state index in [-0.39, 0.29) is 21.1 Å². The third-order valence-electron chi connectivity index (χ3n) is 7.84. The fourth-order valence-corrected chi connectivity index (χ4v) is 5.88. The molecule has 1 aliphatic rings. The molecular formula is C37H26N4OPt. The fraction of sp³-hybridized carbons (Fsp3) is 0.0541. The molecule has 0 atom stereocenters. The van der Waals surface area contributed by atoms with Gasteiger partial charge in [0.2, 0.25) is 0 Å². The molecule has 0 unspecified atom stereocenters. The van der Waals surface area contributed by atoms with Gasteiger partial charge in [-0.25, -0.2) is 4.98 Å². The minimum atomic E-state index is 0. The second-order valence-corrected chi connectivity index (χ2v) is 10.5. The summed E-state index contributed by atoms with van der Waals surface area (Å²) in [4.78, 5) is 9.27. The molecule has 5 aromatic carbocycles. The maximum atomic E-state index is 6.40. The topological polar surface area (TPSA) is 33.5 Å². The summed E-state index contributed by atoms with van der Waals surface area (Å²) in [5, 5.41) is 2.24. The van der Waals surface area contributed by atoms with Crippen molar-refractivity contribution in [3.63, 3.8) is 0 Å². The van der Waals surface area contributed by atoms with Crippen molar-refractivity contribution in [2.24, 2.45) is 0 Å². The monoisotopic (exact) mass is 737 g/mol. The number of benzene rings is 5. The fourth-order valence-electron chi connectivity index (χ4n) is 5.88. The van der Waals surface area contributed by atoms with Crippen LogP contribution < -0.4 is 14.5 Å². The van der Waals surface area contributed by atoms with Crippen LogP contribution >= 0.6 is 0 Å². The van der Waals surface area contributed by atoms with Gasteiger partial charge in [0.1, 0.15) is 5.82 Å². The van der Waals surface area contributed by atoms with E-state index in [1.165, 1.54) is 5.69 Å². The van der Waals surface area contributed by atoms with E-state index < -0.39 is 0 Å². The van der Waals surface area contributed by atoms with Crippen molar-refractivity contribution in [1.82, 2.24) is 9.55 Å². The molecule has 0 spiro atoms. The van der Waals surface area contributed by atoms with Crippen molar-refractivity contribution in [2.45, 2.75) is 0 Å². The normalized spacial score (nSPS) is 12.4. The van der Waals surface area contributed by atoms with Crippen LogP contribution in [0.4, 0.5) is 17.1 Å². The number of fused-ring (bicyclic) bond motifs is 4. The van der Waals surface area contributed by atoms with Gasteiger partial charge in [-0.05, 0) is 46.8 Å². The van der Waals surface area contributed by atoms with Crippen LogP contribution in [0, 0.1) is 12.1 Å². The number of nitrogens with zero attached hydrogens (tertiary/aromatic N) is 4. The zero-order chi connectivity index (χ0) is 28.0. The van der Waals surface area contributed by atoms with Gasteiger partial charge in [0.15, 0.2) is 0 Å². The molecule has 3 heterocycles. The molecule has 8 rings (SSSR count). The molecule has 2 aromatic heterocycles. The number of pyridine rings is 1. The summed E-state index contributed by atoms with van der Waals surface area (Å²) in [6.07, 6.45) is 1.87. The Bertz CT molecular complexity index is 2090. The van der Waals surface area contributed by atoms with E-state index in [1.807, 2.05) is 36.5 Å². The summed E-state index contributed by atoms with van der Waals surface area (Å²) in [6.45, 7) is 0.756. The van der Waals surface area contributed by atoms with E-state index in [2.05, 4.69) is 125 Å². The van der Waals surface area contributed by atoms with Gasteiger partial charge in [0.05, 0.1) is 18.0 Å². The summed E-state index contributed by atoms with van der Waals surface area (Å²) in [6, 6.07) is 48.5. The molecule has 210 valence electrons. The van der Waals surface area contributed by atoms with Crippen LogP contribution in [0.3, 0.4) is 0 Å². The van der Waals surface area contributed by atoms with Crippen molar-refractivity contribution < 1.29 is 25.8 Å². The third-order valence-corrected chi connectivity index (χ3v) is 7.84. The number of hydrogen-bond acceptors (Lipinski definition) is 4. The van der Waals surface area contributed by atoms with Gasteiger partial charge in [-0.2, -0.15) is 12.1 Å². The summed E-state index contributed by atoms with van der Waals surface area (Å²) >= 11 is 0. The number of rotatable bonds is 5. The van der Waals surface area contributed by atoms with Crippen LogP contribution in [-0.2, 0) is 21.1 Å². The number of anilines is 3. The first-order valence-electron chi connectivity index (χ1n) is 14.0. The van der Waals surface area contributed by atoms with Crippen molar-refractivity contribution in [2.75, 3.05) is 23.5 Å². The van der Waals surface area contributed by atoms with E-state index in [4.69, 9.17) is 9.72 Å². The van der Waals surface area contributed by atoms with Crippen LogP contribution in [0.5, 0.6) is 11.5 Å². The molecule has 0 saturated carbocycles. The van der Waals surface area contributed by atoms with Crippen molar-refractivity contribution >= 4 is 38.9 Å². The number of aromatic nitrogens is 2. The van der Waals surface area contributed by atoms with E-state index >= 15 is 0 Å². The molecule has 0 amide bonds. The first-order chi connectivity index (χ1) is 20.7. The minimum absolute atomic E-state index is 0. The molecule has 0 aliphatic carbocycles. The molecule has 43 heavy (non-hydrogen) atoms. The maximum absolute atomic E-state index is 6.40. The van der Waals surface area contributed by atoms with Gasteiger partial charge in [-0.15, -0.1) is 35.7 Å². The average Bonchev–Trinajstić information content (AvgIpc) is 3.56. The molecule has 0 saturated heterocycles. The molecule has 0 fully saturated rings. The molecule has 0 N–H and O–H groups in total. The molecule has 5 nitrogen and oxygen atoms in total. The first kappa shape index (κ1) is 27.0. The van der Waals surface area contributed by atoms with E-state index in [9.17, 15) is 0 Å². The second-order valence-electron chi connectivity index (χ2n) is 10.5. The van der Waals surface area contributed by atoms with Crippen LogP contribution in [0.1, 0.15) is 0 Å². The van der Waals surface area contributed by atoms with E-state index in [0.717, 1.165) is 56.8 Å². The van der Waals surface area contributed by atoms with Crippen molar-refractivity contribution in [3.05, 3.63) is 140 Å². The van der Waals surface area contributed by atoms with Crippen LogP contribution in [0.15, 0.2) is 128 Å². The van der Waals surface area contributed by atoms with E-state index in [1.54, 1.807) is 0 Å². The van der Waals surface area contributed by atoms with Crippen LogP contribution in [0.2, 0.25) is 0 Å². The molecule has 1 aliphatic heterocycles. The Labute approximate surface area is 264 Å². The Morgan fingerprint density at radius 3 is 2.33 bits per heavy atom. The minimum Gasteiger partial charge on any atom is -0.509 e. The smallest absolute Gasteiger partial charge is 0.509 e. The first-order valence-corrected chi connectivity index (χ1v) is 14.0. The Morgan fingerprint density at radius 2 is 1.44 bits per heavy atom. The van der Waals surface area contributed by atoms with Crippen LogP contribution in [-0.4, -0.2) is 23.3 Å². The van der Waals surface area contributed by atoms with Gasteiger partial charge in [0.25, 0.3) is 0 Å². The largest absolute Gasteiger partial charge is 2.00 e. The van der Waals surface area contributed by atoms with Gasteiger partial charge < -0.3 is 19.1 Å². The molecule has 7 aromatic rings. The molecule has 0 bridgehead atoms. The maximum Gasteiger partial charge on any atom is 2.00 e. The SMILES string of the molecule is CN1CN(c2[c-]c(Oc3[c-]c4c(cc3)c3ccccc3n4-c3cc(-c4ccccc4)ccn3)ccc2)c2ccccc21.[Pt+2]. The second kappa shape index (κ2) is 11.1. The summed E-state index contributed by atoms with van der Waals surface area (Å²) in [5.41, 5.74) is 7.57. The predicted molar refractivity (Wildman–Crippen MR) is 170 cm³/mol. The van der Waals surface area contributed by atoms with Gasteiger partial charge >= 0.3 is 21.1 Å². The number of para-hydroxylation sites is 3. The molecular weight excluding hydrogens is 712 g/mol. The Balaban J connectivity index is 0.00000300. The summed E-state index contributed by atoms with van der Waals surface area (Å²) in [7, 11) is 2.10. The quantitative estimate of drug-likeness (QED) is 0.166. The van der Waals surface area contributed by atoms with Crippen LogP contribution in [0.25, 0.3) is 38.8 Å². The zero-order valence-corrected chi connectivity index (χ0v) is 25.6. The van der Waals surface area contributed by atoms with Gasteiger partial charge in [-0.1, -0.05) is 71.9 Å². The Morgan fingerprint density at radius 1 is 0.674 bits per heavy atom. The summed E-state index contributed by atoms with van der Waals surface area (Å²) < 4.78 is 8.56. The third kappa shape index (κ3) is 4.76. The summed E-state index contributed by atoms with van der Waals surface area (Å²) in [5.74, 6) is 2.10.